The second-order valence-electron chi connectivity index (χ2n) is 6.75. The molecule has 0 atom stereocenters. The van der Waals surface area contributed by atoms with Crippen LogP contribution in [0, 0.1) is 5.92 Å². The van der Waals surface area contributed by atoms with Gasteiger partial charge in [-0.1, -0.05) is 6.07 Å². The molecule has 28 heavy (non-hydrogen) atoms. The Hall–Kier alpha value is -3.02. The first-order valence-electron chi connectivity index (χ1n) is 9.57. The molecule has 0 bridgehead atoms. The van der Waals surface area contributed by atoms with E-state index in [9.17, 15) is 9.59 Å². The minimum atomic E-state index is -0.0964. The standard InChI is InChI=1S/C22H26N2O4/c1-3-28-19-9-7-18(8-10-19)23-21(25)16-11-13-24(14-12-16)22(26)17-5-4-6-20(15-17)27-2/h4-10,15-16H,3,11-14H2,1-2H3,(H,23,25). The lowest BCUT2D eigenvalue weighted by atomic mass is 9.95. The first kappa shape index (κ1) is 19.7. The van der Waals surface area contributed by atoms with Gasteiger partial charge in [0.25, 0.3) is 5.91 Å². The maximum atomic E-state index is 12.7. The number of carbonyl (C=O) groups excluding carboxylic acids is 2. The molecule has 0 unspecified atom stereocenters. The molecule has 3 rings (SSSR count). The van der Waals surface area contributed by atoms with Crippen molar-refractivity contribution in [2.75, 3.05) is 32.1 Å². The zero-order chi connectivity index (χ0) is 19.9. The molecule has 1 aliphatic heterocycles. The molecule has 2 amide bonds. The number of carbonyl (C=O) groups is 2. The van der Waals surface area contributed by atoms with Crippen molar-refractivity contribution >= 4 is 17.5 Å². The van der Waals surface area contributed by atoms with Gasteiger partial charge in [0.1, 0.15) is 11.5 Å². The van der Waals surface area contributed by atoms with Crippen molar-refractivity contribution < 1.29 is 19.1 Å². The smallest absolute Gasteiger partial charge is 0.253 e. The molecule has 0 aliphatic carbocycles. The van der Waals surface area contributed by atoms with Gasteiger partial charge in [-0.25, -0.2) is 0 Å². The fourth-order valence-corrected chi connectivity index (χ4v) is 3.33. The molecular weight excluding hydrogens is 356 g/mol. The van der Waals surface area contributed by atoms with Gasteiger partial charge in [-0.05, 0) is 62.2 Å². The topological polar surface area (TPSA) is 67.9 Å². The summed E-state index contributed by atoms with van der Waals surface area (Å²) in [5.41, 5.74) is 1.36. The maximum Gasteiger partial charge on any atom is 0.253 e. The Morgan fingerprint density at radius 2 is 1.79 bits per heavy atom. The van der Waals surface area contributed by atoms with Crippen LogP contribution in [0.25, 0.3) is 0 Å². The Morgan fingerprint density at radius 1 is 1.07 bits per heavy atom. The van der Waals surface area contributed by atoms with Crippen LogP contribution in [-0.2, 0) is 4.79 Å². The Balaban J connectivity index is 1.52. The van der Waals surface area contributed by atoms with Crippen molar-refractivity contribution in [3.8, 4) is 11.5 Å². The number of anilines is 1. The molecule has 1 aliphatic rings. The third-order valence-electron chi connectivity index (χ3n) is 4.90. The number of rotatable bonds is 6. The summed E-state index contributed by atoms with van der Waals surface area (Å²) in [5, 5.41) is 2.96. The Kier molecular flexibility index (Phi) is 6.53. The number of benzene rings is 2. The van der Waals surface area contributed by atoms with E-state index >= 15 is 0 Å². The summed E-state index contributed by atoms with van der Waals surface area (Å²) in [6.45, 7) is 3.68. The highest BCUT2D eigenvalue weighted by molar-refractivity contribution is 5.95. The molecule has 6 nitrogen and oxygen atoms in total. The van der Waals surface area contributed by atoms with E-state index in [0.29, 0.717) is 43.9 Å². The van der Waals surface area contributed by atoms with Crippen molar-refractivity contribution in [3.05, 3.63) is 54.1 Å². The average Bonchev–Trinajstić information content (AvgIpc) is 2.75. The molecule has 0 radical (unpaired) electrons. The van der Waals surface area contributed by atoms with Crippen LogP contribution in [0.4, 0.5) is 5.69 Å². The van der Waals surface area contributed by atoms with E-state index in [0.717, 1.165) is 11.4 Å². The van der Waals surface area contributed by atoms with E-state index < -0.39 is 0 Å². The second-order valence-corrected chi connectivity index (χ2v) is 6.75. The van der Waals surface area contributed by atoms with E-state index in [2.05, 4.69) is 5.32 Å². The molecule has 2 aromatic rings. The van der Waals surface area contributed by atoms with Gasteiger partial charge in [-0.15, -0.1) is 0 Å². The second kappa shape index (κ2) is 9.26. The third-order valence-corrected chi connectivity index (χ3v) is 4.90. The maximum absolute atomic E-state index is 12.7. The largest absolute Gasteiger partial charge is 0.497 e. The van der Waals surface area contributed by atoms with Crippen LogP contribution >= 0.6 is 0 Å². The first-order chi connectivity index (χ1) is 13.6. The number of hydrogen-bond donors (Lipinski definition) is 1. The van der Waals surface area contributed by atoms with Crippen molar-refractivity contribution in [1.29, 1.82) is 0 Å². The number of ether oxygens (including phenoxy) is 2. The van der Waals surface area contributed by atoms with Gasteiger partial charge in [-0.3, -0.25) is 9.59 Å². The van der Waals surface area contributed by atoms with E-state index in [4.69, 9.17) is 9.47 Å². The molecule has 1 saturated heterocycles. The summed E-state index contributed by atoms with van der Waals surface area (Å²) in [4.78, 5) is 27.0. The van der Waals surface area contributed by atoms with Crippen LogP contribution in [0.2, 0.25) is 0 Å². The SMILES string of the molecule is CCOc1ccc(NC(=O)C2CCN(C(=O)c3cccc(OC)c3)CC2)cc1. The van der Waals surface area contributed by atoms with E-state index in [1.54, 1.807) is 24.1 Å². The highest BCUT2D eigenvalue weighted by atomic mass is 16.5. The summed E-state index contributed by atoms with van der Waals surface area (Å²) in [7, 11) is 1.58. The molecule has 1 heterocycles. The summed E-state index contributed by atoms with van der Waals surface area (Å²) in [5.74, 6) is 1.32. The Labute approximate surface area is 165 Å². The van der Waals surface area contributed by atoms with Gasteiger partial charge >= 0.3 is 0 Å². The van der Waals surface area contributed by atoms with Crippen LogP contribution in [0.15, 0.2) is 48.5 Å². The quantitative estimate of drug-likeness (QED) is 0.829. The summed E-state index contributed by atoms with van der Waals surface area (Å²) in [6.07, 6.45) is 1.30. The van der Waals surface area contributed by atoms with Gasteiger partial charge in [0.15, 0.2) is 0 Å². The summed E-state index contributed by atoms with van der Waals surface area (Å²) < 4.78 is 10.6. The van der Waals surface area contributed by atoms with E-state index in [1.807, 2.05) is 43.3 Å². The Morgan fingerprint density at radius 3 is 2.43 bits per heavy atom. The normalized spacial score (nSPS) is 14.4. The van der Waals surface area contributed by atoms with E-state index in [-0.39, 0.29) is 17.7 Å². The fraction of sp³-hybridized carbons (Fsp3) is 0.364. The molecule has 1 fully saturated rings. The number of likely N-dealkylation sites (tertiary alicyclic amines) is 1. The number of nitrogens with one attached hydrogen (secondary N) is 1. The van der Waals surface area contributed by atoms with Gasteiger partial charge in [-0.2, -0.15) is 0 Å². The molecule has 2 aromatic carbocycles. The lowest BCUT2D eigenvalue weighted by Gasteiger charge is -2.31. The molecule has 0 saturated carbocycles. The molecular formula is C22H26N2O4. The predicted octanol–water partition coefficient (Wildman–Crippen LogP) is 3.58. The highest BCUT2D eigenvalue weighted by Gasteiger charge is 2.28. The number of nitrogens with zero attached hydrogens (tertiary/aromatic N) is 1. The predicted molar refractivity (Wildman–Crippen MR) is 108 cm³/mol. The lowest BCUT2D eigenvalue weighted by Crippen LogP contribution is -2.41. The third kappa shape index (κ3) is 4.82. The zero-order valence-electron chi connectivity index (χ0n) is 16.3. The average molecular weight is 382 g/mol. The van der Waals surface area contributed by atoms with Crippen molar-refractivity contribution in [2.24, 2.45) is 5.92 Å². The van der Waals surface area contributed by atoms with E-state index in [1.165, 1.54) is 0 Å². The van der Waals surface area contributed by atoms with Crippen LogP contribution in [0.5, 0.6) is 11.5 Å². The van der Waals surface area contributed by atoms with Gasteiger partial charge in [0.2, 0.25) is 5.91 Å². The number of piperidine rings is 1. The van der Waals surface area contributed by atoms with Crippen molar-refractivity contribution in [1.82, 2.24) is 4.90 Å². The number of hydrogen-bond acceptors (Lipinski definition) is 4. The summed E-state index contributed by atoms with van der Waals surface area (Å²) >= 11 is 0. The lowest BCUT2D eigenvalue weighted by molar-refractivity contribution is -0.121. The van der Waals surface area contributed by atoms with Crippen LogP contribution < -0.4 is 14.8 Å². The molecule has 0 spiro atoms. The molecule has 0 aromatic heterocycles. The Bertz CT molecular complexity index is 812. The minimum absolute atomic E-state index is 0.00219. The molecule has 6 heteroatoms. The highest BCUT2D eigenvalue weighted by Crippen LogP contribution is 2.23. The minimum Gasteiger partial charge on any atom is -0.497 e. The number of methoxy groups -OCH3 is 1. The van der Waals surface area contributed by atoms with Crippen LogP contribution in [-0.4, -0.2) is 43.5 Å². The fourth-order valence-electron chi connectivity index (χ4n) is 3.33. The van der Waals surface area contributed by atoms with Gasteiger partial charge in [0.05, 0.1) is 13.7 Å². The molecule has 148 valence electrons. The number of amides is 2. The van der Waals surface area contributed by atoms with Crippen molar-refractivity contribution in [2.45, 2.75) is 19.8 Å². The monoisotopic (exact) mass is 382 g/mol. The first-order valence-corrected chi connectivity index (χ1v) is 9.57. The van der Waals surface area contributed by atoms with Gasteiger partial charge < -0.3 is 19.7 Å². The van der Waals surface area contributed by atoms with Crippen LogP contribution in [0.3, 0.4) is 0 Å². The van der Waals surface area contributed by atoms with Gasteiger partial charge in [0, 0.05) is 30.3 Å². The summed E-state index contributed by atoms with van der Waals surface area (Å²) in [6, 6.07) is 14.5. The zero-order valence-corrected chi connectivity index (χ0v) is 16.3. The van der Waals surface area contributed by atoms with Crippen molar-refractivity contribution in [3.63, 3.8) is 0 Å². The molecule has 1 N–H and O–H groups in total. The van der Waals surface area contributed by atoms with Crippen LogP contribution in [0.1, 0.15) is 30.1 Å².